The number of halogens is 1. The molecule has 1 aliphatic carbocycles. The van der Waals surface area contributed by atoms with Crippen molar-refractivity contribution >= 4 is 11.8 Å². The number of carbonyl (C=O) groups is 2. The summed E-state index contributed by atoms with van der Waals surface area (Å²) in [6, 6.07) is 3.90. The molecule has 0 saturated heterocycles. The predicted molar refractivity (Wildman–Crippen MR) is 80.0 cm³/mol. The maximum Gasteiger partial charge on any atom is 0.255 e. The minimum absolute atomic E-state index is 0.0612. The average Bonchev–Trinajstić information content (AvgIpc) is 2.49. The minimum atomic E-state index is -0.579. The lowest BCUT2D eigenvalue weighted by molar-refractivity contribution is -0.123. The van der Waals surface area contributed by atoms with Gasteiger partial charge >= 0.3 is 0 Å². The second-order valence-electron chi connectivity index (χ2n) is 5.42. The highest BCUT2D eigenvalue weighted by Gasteiger charge is 2.31. The van der Waals surface area contributed by atoms with E-state index in [-0.39, 0.29) is 29.9 Å². The first-order chi connectivity index (χ1) is 10.5. The van der Waals surface area contributed by atoms with Gasteiger partial charge in [-0.05, 0) is 31.9 Å². The van der Waals surface area contributed by atoms with Crippen LogP contribution in [0.2, 0.25) is 0 Å². The van der Waals surface area contributed by atoms with Crippen molar-refractivity contribution in [3.63, 3.8) is 0 Å². The molecule has 3 N–H and O–H groups in total. The fraction of sp³-hybridized carbons (Fsp3) is 0.500. The lowest BCUT2D eigenvalue weighted by atomic mass is 9.84. The number of nitrogens with two attached hydrogens (primary N) is 1. The number of para-hydroxylation sites is 1. The van der Waals surface area contributed by atoms with Gasteiger partial charge in [0.1, 0.15) is 0 Å². The van der Waals surface area contributed by atoms with Crippen molar-refractivity contribution in [3.8, 4) is 5.75 Å². The van der Waals surface area contributed by atoms with Gasteiger partial charge < -0.3 is 15.8 Å². The molecule has 22 heavy (non-hydrogen) atoms. The summed E-state index contributed by atoms with van der Waals surface area (Å²) >= 11 is 0. The van der Waals surface area contributed by atoms with Gasteiger partial charge in [-0.15, -0.1) is 0 Å². The number of ether oxygens (including phenoxy) is 1. The summed E-state index contributed by atoms with van der Waals surface area (Å²) in [6.45, 7) is 1.98. The van der Waals surface area contributed by atoms with E-state index >= 15 is 0 Å². The van der Waals surface area contributed by atoms with Gasteiger partial charge in [-0.2, -0.15) is 0 Å². The molecule has 6 heteroatoms. The Morgan fingerprint density at radius 2 is 2.09 bits per heavy atom. The van der Waals surface area contributed by atoms with Crippen molar-refractivity contribution in [2.45, 2.75) is 38.6 Å². The SMILES string of the molecule is CCOc1c(F)cccc1C(=O)N[C@H]1CCCC[C@@H]1C(N)=O. The molecule has 120 valence electrons. The molecule has 0 radical (unpaired) electrons. The molecule has 2 atom stereocenters. The third-order valence-electron chi connectivity index (χ3n) is 3.95. The van der Waals surface area contributed by atoms with E-state index in [1.54, 1.807) is 6.92 Å². The molecule has 5 nitrogen and oxygen atoms in total. The summed E-state index contributed by atoms with van der Waals surface area (Å²) in [6.07, 6.45) is 3.21. The van der Waals surface area contributed by atoms with Crippen LogP contribution in [0.1, 0.15) is 43.0 Å². The van der Waals surface area contributed by atoms with Crippen LogP contribution >= 0.6 is 0 Å². The molecule has 0 aromatic heterocycles. The summed E-state index contributed by atoms with van der Waals surface area (Å²) < 4.78 is 19.0. The topological polar surface area (TPSA) is 81.4 Å². The maximum absolute atomic E-state index is 13.8. The van der Waals surface area contributed by atoms with Crippen LogP contribution in [0.4, 0.5) is 4.39 Å². The third-order valence-corrected chi connectivity index (χ3v) is 3.95. The Hall–Kier alpha value is -2.11. The zero-order valence-corrected chi connectivity index (χ0v) is 12.6. The van der Waals surface area contributed by atoms with E-state index < -0.39 is 17.6 Å². The lowest BCUT2D eigenvalue weighted by Gasteiger charge is -2.30. The molecule has 1 aromatic rings. The quantitative estimate of drug-likeness (QED) is 0.873. The molecular formula is C16H21FN2O3. The molecule has 1 saturated carbocycles. The van der Waals surface area contributed by atoms with Gasteiger partial charge in [0.2, 0.25) is 5.91 Å². The number of benzene rings is 1. The van der Waals surface area contributed by atoms with E-state index in [1.807, 2.05) is 0 Å². The van der Waals surface area contributed by atoms with Crippen molar-refractivity contribution in [3.05, 3.63) is 29.6 Å². The van der Waals surface area contributed by atoms with Gasteiger partial charge in [0.05, 0.1) is 18.1 Å². The highest BCUT2D eigenvalue weighted by atomic mass is 19.1. The molecule has 2 rings (SSSR count). The molecule has 0 bridgehead atoms. The number of nitrogens with one attached hydrogen (secondary N) is 1. The average molecular weight is 308 g/mol. The highest BCUT2D eigenvalue weighted by Crippen LogP contribution is 2.26. The van der Waals surface area contributed by atoms with Crippen LogP contribution in [0.3, 0.4) is 0 Å². The first-order valence-electron chi connectivity index (χ1n) is 7.56. The van der Waals surface area contributed by atoms with Crippen LogP contribution in [0.25, 0.3) is 0 Å². The summed E-state index contributed by atoms with van der Waals surface area (Å²) in [5.41, 5.74) is 5.53. The van der Waals surface area contributed by atoms with Gasteiger partial charge in [-0.1, -0.05) is 18.9 Å². The first-order valence-corrected chi connectivity index (χ1v) is 7.56. The second kappa shape index (κ2) is 7.24. The van der Waals surface area contributed by atoms with E-state index in [1.165, 1.54) is 18.2 Å². The monoisotopic (exact) mass is 308 g/mol. The Labute approximate surface area is 129 Å². The smallest absolute Gasteiger partial charge is 0.255 e. The standard InChI is InChI=1S/C16H21FN2O3/c1-2-22-14-11(7-5-8-12(14)17)16(21)19-13-9-4-3-6-10(13)15(18)20/h5,7-8,10,13H,2-4,6,9H2,1H3,(H2,18,20)(H,19,21)/t10-,13-/m0/s1. The molecule has 1 aliphatic rings. The largest absolute Gasteiger partial charge is 0.490 e. The molecule has 1 fully saturated rings. The fourth-order valence-corrected chi connectivity index (χ4v) is 2.87. The number of hydrogen-bond acceptors (Lipinski definition) is 3. The number of primary amides is 1. The zero-order chi connectivity index (χ0) is 16.1. The molecule has 0 spiro atoms. The van der Waals surface area contributed by atoms with E-state index in [0.717, 1.165) is 12.8 Å². The molecule has 2 amide bonds. The second-order valence-corrected chi connectivity index (χ2v) is 5.42. The summed E-state index contributed by atoms with van der Waals surface area (Å²) in [4.78, 5) is 23.9. The van der Waals surface area contributed by atoms with Crippen LogP contribution in [0.5, 0.6) is 5.75 Å². The van der Waals surface area contributed by atoms with Crippen LogP contribution in [-0.2, 0) is 4.79 Å². The maximum atomic E-state index is 13.8. The Bertz CT molecular complexity index is 562. The van der Waals surface area contributed by atoms with Gasteiger partial charge in [0, 0.05) is 6.04 Å². The first kappa shape index (κ1) is 16.3. The van der Waals surface area contributed by atoms with Gasteiger partial charge in [0.15, 0.2) is 11.6 Å². The molecule has 1 aromatic carbocycles. The van der Waals surface area contributed by atoms with Crippen LogP contribution in [0, 0.1) is 11.7 Å². The van der Waals surface area contributed by atoms with Crippen molar-refractivity contribution in [1.82, 2.24) is 5.32 Å². The number of carbonyl (C=O) groups excluding carboxylic acids is 2. The normalized spacial score (nSPS) is 21.2. The van der Waals surface area contributed by atoms with Gasteiger partial charge in [-0.25, -0.2) is 4.39 Å². The third kappa shape index (κ3) is 3.55. The van der Waals surface area contributed by atoms with E-state index in [4.69, 9.17) is 10.5 Å². The highest BCUT2D eigenvalue weighted by molar-refractivity contribution is 5.97. The Kier molecular flexibility index (Phi) is 5.35. The summed E-state index contributed by atoms with van der Waals surface area (Å²) in [5, 5.41) is 2.81. The molecule has 0 aliphatic heterocycles. The van der Waals surface area contributed by atoms with Gasteiger partial charge in [0.25, 0.3) is 5.91 Å². The van der Waals surface area contributed by atoms with Crippen molar-refractivity contribution in [1.29, 1.82) is 0 Å². The minimum Gasteiger partial charge on any atom is -0.490 e. The summed E-state index contributed by atoms with van der Waals surface area (Å²) in [7, 11) is 0. The Morgan fingerprint density at radius 3 is 2.77 bits per heavy atom. The van der Waals surface area contributed by atoms with E-state index in [2.05, 4.69) is 5.32 Å². The number of amides is 2. The van der Waals surface area contributed by atoms with E-state index in [0.29, 0.717) is 12.8 Å². The number of hydrogen-bond donors (Lipinski definition) is 2. The van der Waals surface area contributed by atoms with Crippen LogP contribution in [0.15, 0.2) is 18.2 Å². The zero-order valence-electron chi connectivity index (χ0n) is 12.6. The Morgan fingerprint density at radius 1 is 1.36 bits per heavy atom. The van der Waals surface area contributed by atoms with Crippen LogP contribution < -0.4 is 15.8 Å². The van der Waals surface area contributed by atoms with Crippen molar-refractivity contribution in [2.24, 2.45) is 11.7 Å². The van der Waals surface area contributed by atoms with Crippen molar-refractivity contribution in [2.75, 3.05) is 6.61 Å². The molecule has 0 unspecified atom stereocenters. The fourth-order valence-electron chi connectivity index (χ4n) is 2.87. The molecule has 0 heterocycles. The van der Waals surface area contributed by atoms with Crippen molar-refractivity contribution < 1.29 is 18.7 Å². The predicted octanol–water partition coefficient (Wildman–Crippen LogP) is 2.00. The summed E-state index contributed by atoms with van der Waals surface area (Å²) in [5.74, 6) is -1.87. The lowest BCUT2D eigenvalue weighted by Crippen LogP contribution is -2.47. The van der Waals surface area contributed by atoms with Crippen LogP contribution in [-0.4, -0.2) is 24.5 Å². The van der Waals surface area contributed by atoms with E-state index in [9.17, 15) is 14.0 Å². The van der Waals surface area contributed by atoms with Gasteiger partial charge in [-0.3, -0.25) is 9.59 Å². The number of rotatable bonds is 5. The molecular weight excluding hydrogens is 287 g/mol. The Balaban J connectivity index is 2.18.